The molecule has 1 amide bonds. The molecule has 0 aliphatic carbocycles. The lowest BCUT2D eigenvalue weighted by atomic mass is 10.1. The van der Waals surface area contributed by atoms with Crippen LogP contribution in [0, 0.1) is 0 Å². The van der Waals surface area contributed by atoms with Gasteiger partial charge in [0.05, 0.1) is 5.69 Å². The maximum atomic E-state index is 12.4. The Balaban J connectivity index is 1.36. The van der Waals surface area contributed by atoms with Crippen LogP contribution in [0.4, 0.5) is 5.82 Å². The molecule has 7 heteroatoms. The highest BCUT2D eigenvalue weighted by molar-refractivity contribution is 7.98. The predicted octanol–water partition coefficient (Wildman–Crippen LogP) is 4.87. The molecule has 2 aromatic heterocycles. The molecule has 0 aliphatic heterocycles. The van der Waals surface area contributed by atoms with Gasteiger partial charge >= 0.3 is 0 Å². The number of carbonyl (C=O) groups excluding carboxylic acids is 1. The lowest BCUT2D eigenvalue weighted by Gasteiger charge is -2.14. The van der Waals surface area contributed by atoms with E-state index in [1.807, 2.05) is 85.7 Å². The van der Waals surface area contributed by atoms with E-state index < -0.39 is 0 Å². The maximum Gasteiger partial charge on any atom is 0.251 e. The highest BCUT2D eigenvalue weighted by Crippen LogP contribution is 2.26. The van der Waals surface area contributed by atoms with Crippen LogP contribution < -0.4 is 10.2 Å². The van der Waals surface area contributed by atoms with Crippen LogP contribution in [0.3, 0.4) is 0 Å². The van der Waals surface area contributed by atoms with E-state index in [1.165, 1.54) is 0 Å². The zero-order valence-corrected chi connectivity index (χ0v) is 20.1. The number of carbonyl (C=O) groups is 1. The van der Waals surface area contributed by atoms with Gasteiger partial charge in [-0.05, 0) is 29.8 Å². The molecule has 0 unspecified atom stereocenters. The number of hydrogen-bond acceptors (Lipinski definition) is 6. The third kappa shape index (κ3) is 6.42. The molecule has 0 saturated carbocycles. The van der Waals surface area contributed by atoms with Gasteiger partial charge in [-0.3, -0.25) is 9.78 Å². The number of rotatable bonds is 9. The molecule has 0 spiro atoms. The van der Waals surface area contributed by atoms with Crippen LogP contribution in [0.15, 0.2) is 90.2 Å². The predicted molar refractivity (Wildman–Crippen MR) is 138 cm³/mol. The molecule has 34 heavy (non-hydrogen) atoms. The fourth-order valence-electron chi connectivity index (χ4n) is 3.32. The van der Waals surface area contributed by atoms with Crippen LogP contribution in [0.5, 0.6) is 0 Å². The summed E-state index contributed by atoms with van der Waals surface area (Å²) < 4.78 is 0. The van der Waals surface area contributed by atoms with E-state index in [0.29, 0.717) is 24.3 Å². The molecule has 0 radical (unpaired) electrons. The van der Waals surface area contributed by atoms with Gasteiger partial charge in [-0.25, -0.2) is 9.97 Å². The van der Waals surface area contributed by atoms with Gasteiger partial charge in [0.1, 0.15) is 5.82 Å². The largest absolute Gasteiger partial charge is 0.363 e. The fraction of sp³-hybridized carbons (Fsp3) is 0.185. The van der Waals surface area contributed by atoms with Gasteiger partial charge in [0.15, 0.2) is 5.16 Å². The number of benzene rings is 2. The highest BCUT2D eigenvalue weighted by Gasteiger charge is 2.10. The second-order valence-corrected chi connectivity index (χ2v) is 8.91. The van der Waals surface area contributed by atoms with E-state index in [1.54, 1.807) is 18.0 Å². The molecule has 2 heterocycles. The Hall–Kier alpha value is -3.71. The molecule has 0 bridgehead atoms. The van der Waals surface area contributed by atoms with Crippen LogP contribution in [0.1, 0.15) is 21.6 Å². The average molecular weight is 470 g/mol. The average Bonchev–Trinajstić information content (AvgIpc) is 2.88. The van der Waals surface area contributed by atoms with E-state index in [0.717, 1.165) is 33.5 Å². The second kappa shape index (κ2) is 11.4. The Morgan fingerprint density at radius 2 is 1.71 bits per heavy atom. The van der Waals surface area contributed by atoms with Crippen molar-refractivity contribution in [2.45, 2.75) is 17.3 Å². The normalized spacial score (nSPS) is 10.6. The van der Waals surface area contributed by atoms with Crippen molar-refractivity contribution in [3.63, 3.8) is 0 Å². The first kappa shape index (κ1) is 23.4. The number of amides is 1. The summed E-state index contributed by atoms with van der Waals surface area (Å²) >= 11 is 1.58. The number of anilines is 1. The second-order valence-electron chi connectivity index (χ2n) is 7.97. The third-order valence-electron chi connectivity index (χ3n) is 5.20. The molecule has 0 saturated heterocycles. The van der Waals surface area contributed by atoms with Crippen molar-refractivity contribution in [1.82, 2.24) is 20.3 Å². The molecule has 172 valence electrons. The summed E-state index contributed by atoms with van der Waals surface area (Å²) in [5.74, 6) is 1.51. The number of thioether (sulfide) groups is 1. The first-order valence-corrected chi connectivity index (χ1v) is 12.1. The number of aromatic nitrogens is 3. The summed E-state index contributed by atoms with van der Waals surface area (Å²) in [5.41, 5.74) is 4.68. The molecular weight excluding hydrogens is 442 g/mol. The van der Waals surface area contributed by atoms with Crippen molar-refractivity contribution in [2.24, 2.45) is 0 Å². The molecule has 4 aromatic rings. The minimum absolute atomic E-state index is 0.0790. The standard InChI is InChI=1S/C27H27N5OS/c1-32(2)25-18-24(21-8-4-3-5-9-21)30-27(31-25)34-19-20-11-13-22(14-12-20)26(33)29-17-15-23-10-6-7-16-28-23/h3-14,16,18H,15,17,19H2,1-2H3,(H,29,33). The Morgan fingerprint density at radius 3 is 2.41 bits per heavy atom. The molecule has 0 atom stereocenters. The number of pyridine rings is 1. The Bertz CT molecular complexity index is 1210. The van der Waals surface area contributed by atoms with Crippen LogP contribution >= 0.6 is 11.8 Å². The van der Waals surface area contributed by atoms with E-state index in [2.05, 4.69) is 27.4 Å². The monoisotopic (exact) mass is 469 g/mol. The van der Waals surface area contributed by atoms with Gasteiger partial charge in [0, 0.05) is 61.9 Å². The van der Waals surface area contributed by atoms with Crippen molar-refractivity contribution in [1.29, 1.82) is 0 Å². The van der Waals surface area contributed by atoms with E-state index in [9.17, 15) is 4.79 Å². The third-order valence-corrected chi connectivity index (χ3v) is 6.12. The smallest absolute Gasteiger partial charge is 0.251 e. The van der Waals surface area contributed by atoms with Gasteiger partial charge in [0.2, 0.25) is 0 Å². The molecule has 0 fully saturated rings. The number of hydrogen-bond donors (Lipinski definition) is 1. The van der Waals surface area contributed by atoms with Crippen molar-refractivity contribution in [3.05, 3.63) is 102 Å². The van der Waals surface area contributed by atoms with Crippen molar-refractivity contribution >= 4 is 23.5 Å². The lowest BCUT2D eigenvalue weighted by Crippen LogP contribution is -2.25. The first-order valence-electron chi connectivity index (χ1n) is 11.1. The SMILES string of the molecule is CN(C)c1cc(-c2ccccc2)nc(SCc2ccc(C(=O)NCCc3ccccn3)cc2)n1. The summed E-state index contributed by atoms with van der Waals surface area (Å²) in [4.78, 5) is 28.1. The first-order chi connectivity index (χ1) is 16.6. The maximum absolute atomic E-state index is 12.4. The summed E-state index contributed by atoms with van der Waals surface area (Å²) in [5, 5.41) is 3.68. The molecule has 6 nitrogen and oxygen atoms in total. The minimum Gasteiger partial charge on any atom is -0.363 e. The summed E-state index contributed by atoms with van der Waals surface area (Å²) in [6, 6.07) is 25.6. The van der Waals surface area contributed by atoms with Gasteiger partial charge in [-0.1, -0.05) is 60.3 Å². The van der Waals surface area contributed by atoms with E-state index in [4.69, 9.17) is 4.98 Å². The molecule has 2 aromatic carbocycles. The Labute approximate surface area is 204 Å². The quantitative estimate of drug-likeness (QED) is 0.279. The molecule has 4 rings (SSSR count). The summed E-state index contributed by atoms with van der Waals surface area (Å²) in [7, 11) is 3.96. The van der Waals surface area contributed by atoms with Crippen molar-refractivity contribution in [2.75, 3.05) is 25.5 Å². The van der Waals surface area contributed by atoms with Crippen LogP contribution in [-0.2, 0) is 12.2 Å². The topological polar surface area (TPSA) is 71.0 Å². The highest BCUT2D eigenvalue weighted by atomic mass is 32.2. The van der Waals surface area contributed by atoms with Crippen LogP contribution in [0.2, 0.25) is 0 Å². The lowest BCUT2D eigenvalue weighted by molar-refractivity contribution is 0.0954. The minimum atomic E-state index is -0.0790. The summed E-state index contributed by atoms with van der Waals surface area (Å²) in [6.45, 7) is 0.552. The zero-order valence-electron chi connectivity index (χ0n) is 19.3. The van der Waals surface area contributed by atoms with E-state index >= 15 is 0 Å². The molecule has 1 N–H and O–H groups in total. The Kier molecular flexibility index (Phi) is 7.88. The molecular formula is C27H27N5OS. The van der Waals surface area contributed by atoms with Gasteiger partial charge in [-0.15, -0.1) is 0 Å². The van der Waals surface area contributed by atoms with Crippen molar-refractivity contribution in [3.8, 4) is 11.3 Å². The Morgan fingerprint density at radius 1 is 0.941 bits per heavy atom. The van der Waals surface area contributed by atoms with Crippen LogP contribution in [0.25, 0.3) is 11.3 Å². The van der Waals surface area contributed by atoms with Gasteiger partial charge < -0.3 is 10.2 Å². The van der Waals surface area contributed by atoms with Gasteiger partial charge in [0.25, 0.3) is 5.91 Å². The number of nitrogens with zero attached hydrogens (tertiary/aromatic N) is 4. The zero-order chi connectivity index (χ0) is 23.8. The molecule has 0 aliphatic rings. The van der Waals surface area contributed by atoms with E-state index in [-0.39, 0.29) is 5.91 Å². The van der Waals surface area contributed by atoms with Crippen molar-refractivity contribution < 1.29 is 4.79 Å². The van der Waals surface area contributed by atoms with Crippen LogP contribution in [-0.4, -0.2) is 41.5 Å². The fourth-order valence-corrected chi connectivity index (χ4v) is 4.12. The van der Waals surface area contributed by atoms with Gasteiger partial charge in [-0.2, -0.15) is 0 Å². The number of nitrogens with one attached hydrogen (secondary N) is 1. The summed E-state index contributed by atoms with van der Waals surface area (Å²) in [6.07, 6.45) is 2.47.